The Morgan fingerprint density at radius 2 is 0.677 bits per heavy atom. The molecule has 5 aliphatic rings. The van der Waals surface area contributed by atoms with Crippen LogP contribution in [0.4, 0.5) is 0 Å². The zero-order valence-corrected chi connectivity index (χ0v) is 36.4. The van der Waals surface area contributed by atoms with E-state index in [1.165, 1.54) is 65.5 Å². The van der Waals surface area contributed by atoms with Gasteiger partial charge in [0.2, 0.25) is 0 Å². The fourth-order valence-corrected chi connectivity index (χ4v) is 13.5. The number of hydrogen-bond donors (Lipinski definition) is 0. The number of aromatic nitrogens is 3. The van der Waals surface area contributed by atoms with E-state index in [2.05, 4.69) is 176 Å². The van der Waals surface area contributed by atoms with Crippen molar-refractivity contribution in [2.75, 3.05) is 0 Å². The second-order valence-corrected chi connectivity index (χ2v) is 19.2. The SMILES string of the molecule is c1ccc(-c2nc(-c3ccccc3)nc(-c3cccc(-c4cccc(-c5ccc6c(c5)C(c5ccccc5)(c5ccccc5)c5ccccc5C65C6CC7CC(C6)CC5C7)c4)c3)n2)cc1. The van der Waals surface area contributed by atoms with Crippen LogP contribution in [0.25, 0.3) is 56.4 Å². The molecule has 0 atom stereocenters. The minimum atomic E-state index is -0.488. The lowest BCUT2D eigenvalue weighted by molar-refractivity contribution is -0.0440. The molecule has 0 aliphatic heterocycles. The molecular formula is C62H49N3. The number of hydrogen-bond acceptors (Lipinski definition) is 3. The Bertz CT molecular complexity index is 3090. The van der Waals surface area contributed by atoms with Gasteiger partial charge in [-0.15, -0.1) is 0 Å². The molecule has 0 radical (unpaired) electrons. The average molecular weight is 836 g/mol. The number of benzene rings is 8. The molecular weight excluding hydrogens is 787 g/mol. The topological polar surface area (TPSA) is 38.7 Å². The van der Waals surface area contributed by atoms with Gasteiger partial charge in [-0.05, 0) is 130 Å². The van der Waals surface area contributed by atoms with Gasteiger partial charge in [-0.3, -0.25) is 0 Å². The monoisotopic (exact) mass is 835 g/mol. The van der Waals surface area contributed by atoms with E-state index in [1.54, 1.807) is 11.1 Å². The molecule has 0 saturated heterocycles. The van der Waals surface area contributed by atoms with Crippen LogP contribution in [0.1, 0.15) is 65.5 Å². The lowest BCUT2D eigenvalue weighted by atomic mass is 9.38. The molecule has 0 N–H and O–H groups in total. The minimum Gasteiger partial charge on any atom is -0.208 e. The van der Waals surface area contributed by atoms with Crippen LogP contribution >= 0.6 is 0 Å². The molecule has 4 saturated carbocycles. The molecule has 8 aromatic carbocycles. The van der Waals surface area contributed by atoms with Crippen LogP contribution in [-0.4, -0.2) is 15.0 Å². The summed E-state index contributed by atoms with van der Waals surface area (Å²) in [4.78, 5) is 15.1. The lowest BCUT2D eigenvalue weighted by Crippen LogP contribution is -2.59. The smallest absolute Gasteiger partial charge is 0.164 e. The van der Waals surface area contributed by atoms with Crippen LogP contribution in [0, 0.1) is 23.7 Å². The normalized spacial score (nSPS) is 22.0. The largest absolute Gasteiger partial charge is 0.208 e. The van der Waals surface area contributed by atoms with Gasteiger partial charge >= 0.3 is 0 Å². The van der Waals surface area contributed by atoms with Gasteiger partial charge in [0.1, 0.15) is 0 Å². The number of nitrogens with zero attached hydrogens (tertiary/aromatic N) is 3. The summed E-state index contributed by atoms with van der Waals surface area (Å²) < 4.78 is 0. The van der Waals surface area contributed by atoms with E-state index in [0.717, 1.165) is 39.7 Å². The van der Waals surface area contributed by atoms with Gasteiger partial charge in [-0.25, -0.2) is 15.0 Å². The highest BCUT2D eigenvalue weighted by atomic mass is 15.0. The quantitative estimate of drug-likeness (QED) is 0.161. The molecule has 1 aromatic heterocycles. The zero-order chi connectivity index (χ0) is 43.0. The summed E-state index contributed by atoms with van der Waals surface area (Å²) in [5, 5.41) is 0. The van der Waals surface area contributed by atoms with Crippen molar-refractivity contribution in [3.63, 3.8) is 0 Å². The summed E-state index contributed by atoms with van der Waals surface area (Å²) in [5.41, 5.74) is 15.8. The van der Waals surface area contributed by atoms with E-state index in [4.69, 9.17) is 15.0 Å². The predicted octanol–water partition coefficient (Wildman–Crippen LogP) is 14.6. The van der Waals surface area contributed by atoms with Crippen molar-refractivity contribution in [3.05, 3.63) is 246 Å². The first kappa shape index (κ1) is 38.2. The van der Waals surface area contributed by atoms with Gasteiger partial charge in [0, 0.05) is 22.1 Å². The molecule has 5 aliphatic carbocycles. The first-order chi connectivity index (χ1) is 32.2. The molecule has 4 bridgehead atoms. The van der Waals surface area contributed by atoms with E-state index >= 15 is 0 Å². The van der Waals surface area contributed by atoms with Crippen molar-refractivity contribution in [2.45, 2.75) is 42.9 Å². The Balaban J connectivity index is 0.976. The molecule has 1 heterocycles. The summed E-state index contributed by atoms with van der Waals surface area (Å²) in [5.74, 6) is 5.03. The summed E-state index contributed by atoms with van der Waals surface area (Å²) in [6.45, 7) is 0. The van der Waals surface area contributed by atoms with Crippen LogP contribution < -0.4 is 0 Å². The summed E-state index contributed by atoms with van der Waals surface area (Å²) in [7, 11) is 0. The maximum atomic E-state index is 5.06. The Morgan fingerprint density at radius 1 is 0.292 bits per heavy atom. The van der Waals surface area contributed by atoms with E-state index < -0.39 is 5.41 Å². The van der Waals surface area contributed by atoms with Gasteiger partial charge in [0.05, 0.1) is 5.41 Å². The van der Waals surface area contributed by atoms with Crippen LogP contribution in [0.3, 0.4) is 0 Å². The first-order valence-electron chi connectivity index (χ1n) is 23.6. The number of fused-ring (bicyclic) bond motifs is 2. The third kappa shape index (κ3) is 5.98. The van der Waals surface area contributed by atoms with Crippen molar-refractivity contribution in [1.29, 1.82) is 0 Å². The Kier molecular flexibility index (Phi) is 8.95. The molecule has 0 unspecified atom stereocenters. The molecule has 1 spiro atoms. The van der Waals surface area contributed by atoms with Gasteiger partial charge in [0.15, 0.2) is 17.5 Å². The van der Waals surface area contributed by atoms with Gasteiger partial charge < -0.3 is 0 Å². The van der Waals surface area contributed by atoms with Crippen molar-refractivity contribution in [3.8, 4) is 56.4 Å². The van der Waals surface area contributed by atoms with Crippen molar-refractivity contribution in [2.24, 2.45) is 23.7 Å². The summed E-state index contributed by atoms with van der Waals surface area (Å²) in [6.07, 6.45) is 6.82. The van der Waals surface area contributed by atoms with E-state index in [1.807, 2.05) is 36.4 Å². The van der Waals surface area contributed by atoms with E-state index in [9.17, 15) is 0 Å². The Labute approximate surface area is 382 Å². The van der Waals surface area contributed by atoms with Gasteiger partial charge in [-0.1, -0.05) is 194 Å². The van der Waals surface area contributed by atoms with E-state index in [0.29, 0.717) is 29.3 Å². The predicted molar refractivity (Wildman–Crippen MR) is 263 cm³/mol. The Morgan fingerprint density at radius 3 is 1.20 bits per heavy atom. The molecule has 312 valence electrons. The van der Waals surface area contributed by atoms with Crippen molar-refractivity contribution in [1.82, 2.24) is 15.0 Å². The molecule has 65 heavy (non-hydrogen) atoms. The third-order valence-corrected chi connectivity index (χ3v) is 15.8. The molecule has 3 heteroatoms. The lowest BCUT2D eigenvalue weighted by Gasteiger charge is -2.65. The van der Waals surface area contributed by atoms with Gasteiger partial charge in [-0.2, -0.15) is 0 Å². The standard InChI is InChI=1S/C62H49N3/c1-5-17-43(18-6-1)58-63-59(44-19-7-2-8-20-44)65-60(64-58)49-24-16-23-47(39-49)45-21-15-22-46(38-45)48-31-32-56-57(40-48)61(50-25-9-3-10-26-50,51-27-11-4-12-28-51)54-29-13-14-30-55(54)62(56)52-34-41-33-42(36-52)37-53(62)35-41/h1-32,38-42,52-53H,33-37H2. The maximum absolute atomic E-state index is 5.06. The highest BCUT2D eigenvalue weighted by Crippen LogP contribution is 2.70. The fraction of sp³-hybridized carbons (Fsp3) is 0.177. The zero-order valence-electron chi connectivity index (χ0n) is 36.4. The highest BCUT2D eigenvalue weighted by Gasteiger charge is 2.63. The fourth-order valence-electron chi connectivity index (χ4n) is 13.5. The van der Waals surface area contributed by atoms with Crippen molar-refractivity contribution < 1.29 is 0 Å². The van der Waals surface area contributed by atoms with E-state index in [-0.39, 0.29) is 5.41 Å². The molecule has 14 rings (SSSR count). The second kappa shape index (κ2) is 15.2. The van der Waals surface area contributed by atoms with Gasteiger partial charge in [0.25, 0.3) is 0 Å². The summed E-state index contributed by atoms with van der Waals surface area (Å²) in [6, 6.07) is 78.3. The average Bonchev–Trinajstić information content (AvgIpc) is 3.38. The van der Waals surface area contributed by atoms with Crippen LogP contribution in [0.5, 0.6) is 0 Å². The molecule has 4 fully saturated rings. The van der Waals surface area contributed by atoms with Crippen LogP contribution in [0.15, 0.2) is 212 Å². The van der Waals surface area contributed by atoms with Crippen LogP contribution in [0.2, 0.25) is 0 Å². The van der Waals surface area contributed by atoms with Crippen molar-refractivity contribution >= 4 is 0 Å². The Hall–Kier alpha value is -7.23. The first-order valence-corrected chi connectivity index (χ1v) is 23.6. The highest BCUT2D eigenvalue weighted by molar-refractivity contribution is 5.79. The summed E-state index contributed by atoms with van der Waals surface area (Å²) >= 11 is 0. The molecule has 3 nitrogen and oxygen atoms in total. The second-order valence-electron chi connectivity index (χ2n) is 19.2. The minimum absolute atomic E-state index is 0.00298. The molecule has 9 aromatic rings. The third-order valence-electron chi connectivity index (χ3n) is 15.8. The number of rotatable bonds is 7. The van der Waals surface area contributed by atoms with Crippen LogP contribution in [-0.2, 0) is 10.8 Å². The maximum Gasteiger partial charge on any atom is 0.164 e. The molecule has 0 amide bonds.